The van der Waals surface area contributed by atoms with Gasteiger partial charge in [0.05, 0.1) is 18.0 Å². The molecule has 3 N–H and O–H groups in total. The van der Waals surface area contributed by atoms with Crippen molar-refractivity contribution in [3.63, 3.8) is 0 Å². The van der Waals surface area contributed by atoms with Crippen LogP contribution in [0.3, 0.4) is 0 Å². The number of nitrogens with zero attached hydrogens (tertiary/aromatic N) is 4. The number of carbonyl (C=O) groups is 1. The fourth-order valence-electron chi connectivity index (χ4n) is 3.13. The molecule has 1 aliphatic rings. The second-order valence-corrected chi connectivity index (χ2v) is 6.45. The topological polar surface area (TPSA) is 108 Å². The Balaban J connectivity index is 1.62. The van der Waals surface area contributed by atoms with Gasteiger partial charge in [0.15, 0.2) is 11.3 Å². The molecule has 1 fully saturated rings. The summed E-state index contributed by atoms with van der Waals surface area (Å²) in [6.45, 7) is 0.530. The molecule has 26 heavy (non-hydrogen) atoms. The number of hydrogen-bond donors (Lipinski definition) is 2. The molecule has 0 bridgehead atoms. The van der Waals surface area contributed by atoms with Crippen LogP contribution in [0.15, 0.2) is 36.8 Å². The average Bonchev–Trinajstić information content (AvgIpc) is 3.02. The maximum absolute atomic E-state index is 12.8. The summed E-state index contributed by atoms with van der Waals surface area (Å²) in [5, 5.41) is 8.01. The summed E-state index contributed by atoms with van der Waals surface area (Å²) in [7, 11) is 1.65. The van der Waals surface area contributed by atoms with E-state index in [-0.39, 0.29) is 18.0 Å². The van der Waals surface area contributed by atoms with Gasteiger partial charge in [-0.1, -0.05) is 12.1 Å². The van der Waals surface area contributed by atoms with Crippen molar-refractivity contribution >= 4 is 22.6 Å². The molecule has 8 nitrogen and oxygen atoms in total. The van der Waals surface area contributed by atoms with Gasteiger partial charge >= 0.3 is 0 Å². The highest BCUT2D eigenvalue weighted by atomic mass is 16.5. The van der Waals surface area contributed by atoms with Gasteiger partial charge in [-0.05, 0) is 30.5 Å². The predicted octanol–water partition coefficient (Wildman–Crippen LogP) is 1.89. The minimum absolute atomic E-state index is 0.0392. The van der Waals surface area contributed by atoms with Crippen molar-refractivity contribution in [3.8, 4) is 0 Å². The molecule has 1 aromatic carbocycles. The van der Waals surface area contributed by atoms with Gasteiger partial charge in [0.1, 0.15) is 6.33 Å². The first-order valence-electron chi connectivity index (χ1n) is 8.50. The number of rotatable bonds is 5. The highest BCUT2D eigenvalue weighted by molar-refractivity contribution is 6.10. The van der Waals surface area contributed by atoms with Gasteiger partial charge in [0.2, 0.25) is 0 Å². The molecule has 134 valence electrons. The lowest BCUT2D eigenvalue weighted by Crippen LogP contribution is -2.41. The molecule has 2 unspecified atom stereocenters. The predicted molar refractivity (Wildman–Crippen MR) is 96.7 cm³/mol. The first-order chi connectivity index (χ1) is 12.7. The van der Waals surface area contributed by atoms with Gasteiger partial charge in [0, 0.05) is 25.0 Å². The van der Waals surface area contributed by atoms with Crippen LogP contribution in [0.2, 0.25) is 0 Å². The quantitative estimate of drug-likeness (QED) is 0.726. The van der Waals surface area contributed by atoms with Crippen molar-refractivity contribution in [1.82, 2.24) is 19.7 Å². The number of fused-ring (bicyclic) bond motifs is 1. The van der Waals surface area contributed by atoms with E-state index in [1.807, 2.05) is 24.3 Å². The van der Waals surface area contributed by atoms with Gasteiger partial charge in [-0.15, -0.1) is 0 Å². The van der Waals surface area contributed by atoms with Crippen molar-refractivity contribution in [1.29, 1.82) is 0 Å². The summed E-state index contributed by atoms with van der Waals surface area (Å²) in [6, 6.07) is 7.60. The molecule has 2 aromatic heterocycles. The maximum Gasteiger partial charge on any atom is 0.276 e. The summed E-state index contributed by atoms with van der Waals surface area (Å²) in [5.74, 6) is -0.295. The van der Waals surface area contributed by atoms with Crippen LogP contribution >= 0.6 is 0 Å². The number of nitrogens with one attached hydrogen (secondary N) is 1. The number of methoxy groups -OCH3 is 1. The summed E-state index contributed by atoms with van der Waals surface area (Å²) in [5.41, 5.74) is 8.75. The number of anilines is 1. The molecule has 3 aromatic rings. The van der Waals surface area contributed by atoms with Gasteiger partial charge in [0.25, 0.3) is 5.91 Å². The Morgan fingerprint density at radius 2 is 2.15 bits per heavy atom. The highest BCUT2D eigenvalue weighted by Crippen LogP contribution is 2.33. The van der Waals surface area contributed by atoms with Crippen LogP contribution < -0.4 is 11.1 Å². The first kappa shape index (κ1) is 16.6. The van der Waals surface area contributed by atoms with Crippen molar-refractivity contribution in [3.05, 3.63) is 48.0 Å². The third-order valence-corrected chi connectivity index (χ3v) is 4.71. The van der Waals surface area contributed by atoms with Crippen LogP contribution in [0.1, 0.15) is 34.9 Å². The minimum atomic E-state index is -0.295. The third kappa shape index (κ3) is 2.93. The van der Waals surface area contributed by atoms with Crippen molar-refractivity contribution in [2.24, 2.45) is 5.73 Å². The highest BCUT2D eigenvalue weighted by Gasteiger charge is 2.33. The van der Waals surface area contributed by atoms with Crippen LogP contribution in [0.4, 0.5) is 5.69 Å². The molecule has 0 spiro atoms. The van der Waals surface area contributed by atoms with Gasteiger partial charge in [-0.2, -0.15) is 5.10 Å². The van der Waals surface area contributed by atoms with Crippen molar-refractivity contribution < 1.29 is 9.53 Å². The standard InChI is InChI=1S/C18H20N6O2/c1-26-9-11-2-4-12(5-3-11)22-18(25)16-13-8-20-10-21-17(13)24(23-16)15-7-6-14(15)19/h2-5,8,10,14-15H,6-7,9,19H2,1H3,(H,22,25). The van der Waals surface area contributed by atoms with E-state index in [0.717, 1.165) is 18.4 Å². The summed E-state index contributed by atoms with van der Waals surface area (Å²) < 4.78 is 6.86. The Labute approximate surface area is 150 Å². The van der Waals surface area contributed by atoms with E-state index >= 15 is 0 Å². The fourth-order valence-corrected chi connectivity index (χ4v) is 3.13. The lowest BCUT2D eigenvalue weighted by Gasteiger charge is -2.33. The monoisotopic (exact) mass is 352 g/mol. The zero-order valence-corrected chi connectivity index (χ0v) is 14.4. The van der Waals surface area contributed by atoms with Gasteiger partial charge < -0.3 is 15.8 Å². The Hall–Kier alpha value is -2.84. The average molecular weight is 352 g/mol. The summed E-state index contributed by atoms with van der Waals surface area (Å²) >= 11 is 0. The molecular formula is C18H20N6O2. The van der Waals surface area contributed by atoms with Gasteiger partial charge in [-0.25, -0.2) is 14.6 Å². The smallest absolute Gasteiger partial charge is 0.276 e. The lowest BCUT2D eigenvalue weighted by atomic mass is 9.87. The van der Waals surface area contributed by atoms with E-state index in [0.29, 0.717) is 29.0 Å². The molecule has 1 amide bonds. The minimum Gasteiger partial charge on any atom is -0.380 e. The number of benzene rings is 1. The molecule has 4 rings (SSSR count). The molecule has 0 saturated heterocycles. The zero-order valence-electron chi connectivity index (χ0n) is 14.4. The molecule has 8 heteroatoms. The van der Waals surface area contributed by atoms with Crippen LogP contribution in [-0.2, 0) is 11.3 Å². The molecule has 1 saturated carbocycles. The number of ether oxygens (including phenoxy) is 1. The molecular weight excluding hydrogens is 332 g/mol. The summed E-state index contributed by atoms with van der Waals surface area (Å²) in [4.78, 5) is 21.1. The van der Waals surface area contributed by atoms with Crippen LogP contribution in [0.5, 0.6) is 0 Å². The molecule has 0 radical (unpaired) electrons. The molecule has 2 heterocycles. The Morgan fingerprint density at radius 1 is 1.35 bits per heavy atom. The Bertz CT molecular complexity index is 937. The number of hydrogen-bond acceptors (Lipinski definition) is 6. The molecule has 0 aliphatic heterocycles. The van der Waals surface area contributed by atoms with E-state index in [9.17, 15) is 4.79 Å². The van der Waals surface area contributed by atoms with E-state index in [4.69, 9.17) is 10.5 Å². The first-order valence-corrected chi connectivity index (χ1v) is 8.50. The molecule has 1 aliphatic carbocycles. The number of nitrogens with two attached hydrogens (primary N) is 1. The van der Waals surface area contributed by atoms with E-state index in [2.05, 4.69) is 20.4 Å². The largest absolute Gasteiger partial charge is 0.380 e. The van der Waals surface area contributed by atoms with E-state index < -0.39 is 0 Å². The SMILES string of the molecule is COCc1ccc(NC(=O)c2nn(C3CCC3N)c3ncncc23)cc1. The number of aromatic nitrogens is 4. The normalized spacial score (nSPS) is 19.3. The van der Waals surface area contributed by atoms with E-state index in [1.165, 1.54) is 6.33 Å². The van der Waals surface area contributed by atoms with Crippen molar-refractivity contribution in [2.45, 2.75) is 31.5 Å². The summed E-state index contributed by atoms with van der Waals surface area (Å²) in [6.07, 6.45) is 4.96. The van der Waals surface area contributed by atoms with Crippen LogP contribution in [-0.4, -0.2) is 38.8 Å². The lowest BCUT2D eigenvalue weighted by molar-refractivity contribution is 0.102. The fraction of sp³-hybridized carbons (Fsp3) is 0.333. The van der Waals surface area contributed by atoms with Gasteiger partial charge in [-0.3, -0.25) is 4.79 Å². The zero-order chi connectivity index (χ0) is 18.1. The number of amides is 1. The van der Waals surface area contributed by atoms with Crippen molar-refractivity contribution in [2.75, 3.05) is 12.4 Å². The molecule has 2 atom stereocenters. The van der Waals surface area contributed by atoms with Crippen LogP contribution in [0, 0.1) is 0 Å². The Kier molecular flexibility index (Phi) is 4.36. The van der Waals surface area contributed by atoms with Crippen LogP contribution in [0.25, 0.3) is 11.0 Å². The van der Waals surface area contributed by atoms with E-state index in [1.54, 1.807) is 18.0 Å². The number of carbonyl (C=O) groups excluding carboxylic acids is 1. The second-order valence-electron chi connectivity index (χ2n) is 6.45. The Morgan fingerprint density at radius 3 is 2.81 bits per heavy atom. The third-order valence-electron chi connectivity index (χ3n) is 4.71. The maximum atomic E-state index is 12.8. The second kappa shape index (κ2) is 6.81.